The lowest BCUT2D eigenvalue weighted by atomic mass is 9.87. The van der Waals surface area contributed by atoms with Gasteiger partial charge in [0.15, 0.2) is 0 Å². The summed E-state index contributed by atoms with van der Waals surface area (Å²) < 4.78 is 0. The van der Waals surface area contributed by atoms with Gasteiger partial charge in [-0.15, -0.1) is 0 Å². The van der Waals surface area contributed by atoms with Crippen molar-refractivity contribution in [2.75, 3.05) is 0 Å². The maximum atomic E-state index is 2.23. The molecule has 0 saturated heterocycles. The molecule has 0 aliphatic rings. The Morgan fingerprint density at radius 2 is 1.33 bits per heavy atom. The number of hydrogen-bond donors (Lipinski definition) is 0. The summed E-state index contributed by atoms with van der Waals surface area (Å²) in [5, 5.41) is 0. The summed E-state index contributed by atoms with van der Waals surface area (Å²) in [5.41, 5.74) is 3.02. The topological polar surface area (TPSA) is 0 Å². The fourth-order valence-corrected chi connectivity index (χ4v) is 1.05. The zero-order valence-electron chi connectivity index (χ0n) is 8.31. The van der Waals surface area contributed by atoms with Gasteiger partial charge in [-0.1, -0.05) is 50.6 Å². The van der Waals surface area contributed by atoms with Crippen molar-refractivity contribution in [1.82, 2.24) is 0 Å². The zero-order chi connectivity index (χ0) is 8.48. The molecule has 1 aromatic rings. The Morgan fingerprint density at radius 3 is 1.67 bits per heavy atom. The van der Waals surface area contributed by atoms with Gasteiger partial charge in [0.2, 0.25) is 0 Å². The molecule has 0 spiro atoms. The first kappa shape index (κ1) is 11.6. The Bertz CT molecular complexity index is 228. The van der Waals surface area contributed by atoms with Crippen LogP contribution in [0.2, 0.25) is 0 Å². The number of aryl methyl sites for hydroxylation is 1. The van der Waals surface area contributed by atoms with Crippen LogP contribution in [0.4, 0.5) is 0 Å². The second-order valence-electron chi connectivity index (χ2n) is 4.12. The van der Waals surface area contributed by atoms with E-state index in [1.807, 2.05) is 0 Å². The van der Waals surface area contributed by atoms with Gasteiger partial charge in [-0.3, -0.25) is 0 Å². The van der Waals surface area contributed by atoms with Gasteiger partial charge in [0, 0.05) is 0 Å². The van der Waals surface area contributed by atoms with Gasteiger partial charge in [0.05, 0.1) is 0 Å². The largest absolute Gasteiger partial charge is 0.197 e. The fraction of sp³-hybridized carbons (Fsp3) is 0.455. The maximum absolute atomic E-state index is 2.23. The van der Waals surface area contributed by atoms with Gasteiger partial charge in [0.1, 0.15) is 0 Å². The molecule has 0 aliphatic carbocycles. The molecule has 0 heterocycles. The first-order valence-corrected chi connectivity index (χ1v) is 4.07. The summed E-state index contributed by atoms with van der Waals surface area (Å²) >= 11 is 0. The second kappa shape index (κ2) is 3.99. The van der Waals surface area contributed by atoms with Crippen LogP contribution in [0.25, 0.3) is 0 Å². The Kier molecular flexibility index (Phi) is 3.85. The number of rotatable bonds is 0. The molecule has 0 bridgehead atoms. The predicted octanol–water partition coefficient (Wildman–Crippen LogP) is 3.41. The molecule has 0 radical (unpaired) electrons. The molecule has 0 aromatic heterocycles. The Hall–Kier alpha value is -0.430. The molecule has 0 saturated carbocycles. The van der Waals surface area contributed by atoms with Crippen LogP contribution >= 0.6 is 13.5 Å². The van der Waals surface area contributed by atoms with Crippen molar-refractivity contribution < 1.29 is 0 Å². The molecule has 1 aromatic carbocycles. The monoisotopic (exact) mass is 182 g/mol. The quantitative estimate of drug-likeness (QED) is 0.577. The summed E-state index contributed by atoms with van der Waals surface area (Å²) in [6.45, 7) is 8.82. The van der Waals surface area contributed by atoms with Gasteiger partial charge in [-0.2, -0.15) is 13.5 Å². The van der Waals surface area contributed by atoms with E-state index < -0.39 is 0 Å². The van der Waals surface area contributed by atoms with Crippen LogP contribution in [0.3, 0.4) is 0 Å². The Balaban J connectivity index is 0.00000121. The average molecular weight is 182 g/mol. The first-order chi connectivity index (χ1) is 5.00. The van der Waals surface area contributed by atoms with Crippen LogP contribution in [-0.2, 0) is 5.41 Å². The molecule has 12 heavy (non-hydrogen) atoms. The Labute approximate surface area is 82.4 Å². The smallest absolute Gasteiger partial charge is 0.0132 e. The average Bonchev–Trinajstić information content (AvgIpc) is 1.86. The van der Waals surface area contributed by atoms with E-state index in [-0.39, 0.29) is 18.9 Å². The van der Waals surface area contributed by atoms with Crippen LogP contribution in [0.1, 0.15) is 31.9 Å². The number of hydrogen-bond acceptors (Lipinski definition) is 0. The summed E-state index contributed by atoms with van der Waals surface area (Å²) in [5.74, 6) is 0. The highest BCUT2D eigenvalue weighted by Gasteiger charge is 2.11. The molecule has 0 unspecified atom stereocenters. The highest BCUT2D eigenvalue weighted by molar-refractivity contribution is 7.59. The highest BCUT2D eigenvalue weighted by Crippen LogP contribution is 2.21. The van der Waals surface area contributed by atoms with Gasteiger partial charge in [-0.05, 0) is 17.9 Å². The molecule has 0 atom stereocenters. The van der Waals surface area contributed by atoms with Crippen LogP contribution in [0.5, 0.6) is 0 Å². The molecule has 0 fully saturated rings. The van der Waals surface area contributed by atoms with E-state index in [1.165, 1.54) is 11.1 Å². The SMILES string of the molecule is Cc1ccc(C(C)(C)C)cc1.S. The van der Waals surface area contributed by atoms with Crippen molar-refractivity contribution in [3.63, 3.8) is 0 Å². The molecular weight excluding hydrogens is 164 g/mol. The molecule has 0 nitrogen and oxygen atoms in total. The summed E-state index contributed by atoms with van der Waals surface area (Å²) in [6.07, 6.45) is 0. The zero-order valence-corrected chi connectivity index (χ0v) is 9.31. The molecule has 0 aliphatic heterocycles. The van der Waals surface area contributed by atoms with E-state index >= 15 is 0 Å². The predicted molar refractivity (Wildman–Crippen MR) is 60.3 cm³/mol. The molecule has 1 heteroatoms. The summed E-state index contributed by atoms with van der Waals surface area (Å²) in [7, 11) is 0. The van der Waals surface area contributed by atoms with Gasteiger partial charge in [0.25, 0.3) is 0 Å². The van der Waals surface area contributed by atoms with Crippen molar-refractivity contribution in [1.29, 1.82) is 0 Å². The highest BCUT2D eigenvalue weighted by atomic mass is 32.1. The van der Waals surface area contributed by atoms with Crippen molar-refractivity contribution in [2.45, 2.75) is 33.1 Å². The van der Waals surface area contributed by atoms with Crippen molar-refractivity contribution in [2.24, 2.45) is 0 Å². The molecule has 1 rings (SSSR count). The van der Waals surface area contributed by atoms with Gasteiger partial charge >= 0.3 is 0 Å². The normalized spacial score (nSPS) is 10.7. The van der Waals surface area contributed by atoms with E-state index in [1.54, 1.807) is 0 Å². The summed E-state index contributed by atoms with van der Waals surface area (Å²) in [4.78, 5) is 0. The van der Waals surface area contributed by atoms with Crippen LogP contribution in [0.15, 0.2) is 24.3 Å². The van der Waals surface area contributed by atoms with E-state index in [9.17, 15) is 0 Å². The van der Waals surface area contributed by atoms with Crippen molar-refractivity contribution >= 4 is 13.5 Å². The number of benzene rings is 1. The van der Waals surface area contributed by atoms with Crippen molar-refractivity contribution in [3.8, 4) is 0 Å². The van der Waals surface area contributed by atoms with Crippen LogP contribution in [0, 0.1) is 6.92 Å². The van der Waals surface area contributed by atoms with E-state index in [0.717, 1.165) is 0 Å². The third kappa shape index (κ3) is 2.90. The third-order valence-corrected chi connectivity index (χ3v) is 1.92. The first-order valence-electron chi connectivity index (χ1n) is 4.07. The standard InChI is InChI=1S/C11H16.H2S/c1-9-5-7-10(8-6-9)11(2,3)4;/h5-8H,1-4H3;1H2. The lowest BCUT2D eigenvalue weighted by Gasteiger charge is -2.18. The van der Waals surface area contributed by atoms with Gasteiger partial charge < -0.3 is 0 Å². The minimum absolute atomic E-state index is 0. The van der Waals surface area contributed by atoms with Crippen LogP contribution in [-0.4, -0.2) is 0 Å². The van der Waals surface area contributed by atoms with E-state index in [0.29, 0.717) is 0 Å². The lowest BCUT2D eigenvalue weighted by molar-refractivity contribution is 0.590. The van der Waals surface area contributed by atoms with E-state index in [4.69, 9.17) is 0 Å². The van der Waals surface area contributed by atoms with Crippen molar-refractivity contribution in [3.05, 3.63) is 35.4 Å². The van der Waals surface area contributed by atoms with E-state index in [2.05, 4.69) is 52.0 Å². The molecule has 68 valence electrons. The van der Waals surface area contributed by atoms with Crippen LogP contribution < -0.4 is 0 Å². The summed E-state index contributed by atoms with van der Waals surface area (Å²) in [6, 6.07) is 8.74. The lowest BCUT2D eigenvalue weighted by Crippen LogP contribution is -2.10. The third-order valence-electron chi connectivity index (χ3n) is 1.92. The molecular formula is C11H18S. The maximum Gasteiger partial charge on any atom is -0.0132 e. The molecule has 0 N–H and O–H groups in total. The minimum atomic E-state index is 0. The Morgan fingerprint density at radius 1 is 0.917 bits per heavy atom. The van der Waals surface area contributed by atoms with Gasteiger partial charge in [-0.25, -0.2) is 0 Å². The second-order valence-corrected chi connectivity index (χ2v) is 4.12. The fourth-order valence-electron chi connectivity index (χ4n) is 1.05. The molecule has 0 amide bonds. The minimum Gasteiger partial charge on any atom is -0.197 e.